The summed E-state index contributed by atoms with van der Waals surface area (Å²) < 4.78 is 11.2. The number of fused-ring (bicyclic) bond motifs is 1. The molecule has 0 fully saturated rings. The van der Waals surface area contributed by atoms with Gasteiger partial charge < -0.3 is 14.8 Å². The van der Waals surface area contributed by atoms with E-state index in [2.05, 4.69) is 37.4 Å². The number of methoxy groups -OCH3 is 1. The normalized spacial score (nSPS) is 16.8. The van der Waals surface area contributed by atoms with Gasteiger partial charge in [-0.25, -0.2) is 0 Å². The van der Waals surface area contributed by atoms with Crippen molar-refractivity contribution in [3.05, 3.63) is 29.3 Å². The number of hydrogen-bond donors (Lipinski definition) is 1. The monoisotopic (exact) mass is 263 g/mol. The Kier molecular flexibility index (Phi) is 5.23. The maximum Gasteiger partial charge on any atom is 0.122 e. The maximum absolute atomic E-state index is 5.64. The van der Waals surface area contributed by atoms with Crippen molar-refractivity contribution in [2.75, 3.05) is 20.3 Å². The molecule has 1 aromatic rings. The third-order valence-corrected chi connectivity index (χ3v) is 3.76. The number of rotatable bonds is 7. The van der Waals surface area contributed by atoms with E-state index in [4.69, 9.17) is 9.47 Å². The summed E-state index contributed by atoms with van der Waals surface area (Å²) >= 11 is 0. The molecule has 0 bridgehead atoms. The Labute approximate surface area is 116 Å². The predicted molar refractivity (Wildman–Crippen MR) is 77.8 cm³/mol. The van der Waals surface area contributed by atoms with Gasteiger partial charge in [0, 0.05) is 13.5 Å². The number of nitrogens with one attached hydrogen (secondary N) is 1. The molecule has 0 radical (unpaired) electrons. The van der Waals surface area contributed by atoms with Crippen molar-refractivity contribution in [3.8, 4) is 5.75 Å². The first-order valence-electron chi connectivity index (χ1n) is 7.32. The third-order valence-electron chi connectivity index (χ3n) is 3.76. The van der Waals surface area contributed by atoms with E-state index in [1.54, 1.807) is 7.11 Å². The fraction of sp³-hybridized carbons (Fsp3) is 0.625. The molecule has 1 aromatic carbocycles. The molecule has 2 rings (SSSR count). The lowest BCUT2D eigenvalue weighted by atomic mass is 9.97. The summed E-state index contributed by atoms with van der Waals surface area (Å²) in [7, 11) is 1.80. The van der Waals surface area contributed by atoms with Crippen molar-refractivity contribution < 1.29 is 9.47 Å². The van der Waals surface area contributed by atoms with Gasteiger partial charge >= 0.3 is 0 Å². The first-order chi connectivity index (χ1) is 9.30. The van der Waals surface area contributed by atoms with Crippen molar-refractivity contribution in [3.63, 3.8) is 0 Å². The summed E-state index contributed by atoms with van der Waals surface area (Å²) in [6.07, 6.45) is 3.37. The van der Waals surface area contributed by atoms with E-state index in [0.717, 1.165) is 38.2 Å². The highest BCUT2D eigenvalue weighted by molar-refractivity contribution is 5.41. The maximum atomic E-state index is 5.64. The van der Waals surface area contributed by atoms with E-state index >= 15 is 0 Å². The highest BCUT2D eigenvalue weighted by Gasteiger charge is 2.23. The largest absolute Gasteiger partial charge is 0.493 e. The lowest BCUT2D eigenvalue weighted by molar-refractivity contribution is 0.0650. The Morgan fingerprint density at radius 2 is 2.21 bits per heavy atom. The molecule has 0 aromatic heterocycles. The van der Waals surface area contributed by atoms with Crippen LogP contribution in [0.2, 0.25) is 0 Å². The van der Waals surface area contributed by atoms with E-state index in [-0.39, 0.29) is 12.1 Å². The van der Waals surface area contributed by atoms with Gasteiger partial charge in [-0.1, -0.05) is 26.0 Å². The van der Waals surface area contributed by atoms with Gasteiger partial charge in [-0.15, -0.1) is 0 Å². The summed E-state index contributed by atoms with van der Waals surface area (Å²) in [5.41, 5.74) is 2.64. The second-order valence-corrected chi connectivity index (χ2v) is 5.08. The molecule has 1 aliphatic heterocycles. The molecule has 2 unspecified atom stereocenters. The van der Waals surface area contributed by atoms with E-state index < -0.39 is 0 Å². The molecular weight excluding hydrogens is 238 g/mol. The molecular formula is C16H25NO2. The van der Waals surface area contributed by atoms with Crippen LogP contribution in [0.3, 0.4) is 0 Å². The highest BCUT2D eigenvalue weighted by atomic mass is 16.5. The summed E-state index contributed by atoms with van der Waals surface area (Å²) in [5, 5.41) is 3.61. The fourth-order valence-corrected chi connectivity index (χ4v) is 2.70. The molecule has 1 heterocycles. The molecule has 19 heavy (non-hydrogen) atoms. The van der Waals surface area contributed by atoms with Crippen LogP contribution < -0.4 is 10.1 Å². The van der Waals surface area contributed by atoms with E-state index in [1.807, 2.05) is 0 Å². The van der Waals surface area contributed by atoms with Crippen LogP contribution in [0.25, 0.3) is 0 Å². The van der Waals surface area contributed by atoms with E-state index in [0.29, 0.717) is 0 Å². The zero-order valence-corrected chi connectivity index (χ0v) is 12.2. The first-order valence-corrected chi connectivity index (χ1v) is 7.32. The highest BCUT2D eigenvalue weighted by Crippen LogP contribution is 2.30. The summed E-state index contributed by atoms with van der Waals surface area (Å²) in [6.45, 7) is 6.19. The summed E-state index contributed by atoms with van der Waals surface area (Å²) in [6, 6.07) is 6.80. The van der Waals surface area contributed by atoms with Gasteiger partial charge in [-0.3, -0.25) is 0 Å². The predicted octanol–water partition coefficient (Wildman–Crippen LogP) is 3.09. The van der Waals surface area contributed by atoms with Crippen LogP contribution >= 0.6 is 0 Å². The molecule has 3 nitrogen and oxygen atoms in total. The van der Waals surface area contributed by atoms with Crippen molar-refractivity contribution in [2.24, 2.45) is 0 Å². The molecule has 0 spiro atoms. The summed E-state index contributed by atoms with van der Waals surface area (Å²) in [5.74, 6) is 1.04. The van der Waals surface area contributed by atoms with Crippen molar-refractivity contribution in [2.45, 2.75) is 45.3 Å². The fourth-order valence-electron chi connectivity index (χ4n) is 2.70. The SMILES string of the molecule is CCCNC(c1ccc2c(c1)CCO2)C(CC)OC. The molecule has 3 heteroatoms. The van der Waals surface area contributed by atoms with Crippen LogP contribution in [0.5, 0.6) is 5.75 Å². The number of ether oxygens (including phenoxy) is 2. The smallest absolute Gasteiger partial charge is 0.122 e. The molecule has 0 amide bonds. The van der Waals surface area contributed by atoms with Gasteiger partial charge in [-0.05, 0) is 36.6 Å². The zero-order chi connectivity index (χ0) is 13.7. The lowest BCUT2D eigenvalue weighted by Crippen LogP contribution is -2.33. The van der Waals surface area contributed by atoms with Gasteiger partial charge in [0.15, 0.2) is 0 Å². The molecule has 106 valence electrons. The van der Waals surface area contributed by atoms with Crippen LogP contribution in [-0.2, 0) is 11.2 Å². The van der Waals surface area contributed by atoms with Crippen LogP contribution in [0.1, 0.15) is 43.9 Å². The van der Waals surface area contributed by atoms with Crippen LogP contribution in [0, 0.1) is 0 Å². The average molecular weight is 263 g/mol. The molecule has 0 aliphatic carbocycles. The second kappa shape index (κ2) is 6.92. The zero-order valence-electron chi connectivity index (χ0n) is 12.2. The van der Waals surface area contributed by atoms with Crippen molar-refractivity contribution in [1.29, 1.82) is 0 Å². The van der Waals surface area contributed by atoms with Gasteiger partial charge in [0.1, 0.15) is 5.75 Å². The molecule has 2 atom stereocenters. The van der Waals surface area contributed by atoms with Gasteiger partial charge in [-0.2, -0.15) is 0 Å². The van der Waals surface area contributed by atoms with Crippen molar-refractivity contribution in [1.82, 2.24) is 5.32 Å². The van der Waals surface area contributed by atoms with E-state index in [1.165, 1.54) is 11.1 Å². The minimum atomic E-state index is 0.215. The van der Waals surface area contributed by atoms with Crippen LogP contribution in [0.4, 0.5) is 0 Å². The van der Waals surface area contributed by atoms with Crippen LogP contribution in [0.15, 0.2) is 18.2 Å². The van der Waals surface area contributed by atoms with Gasteiger partial charge in [0.05, 0.1) is 18.8 Å². The van der Waals surface area contributed by atoms with Gasteiger partial charge in [0.2, 0.25) is 0 Å². The molecule has 1 aliphatic rings. The minimum absolute atomic E-state index is 0.215. The van der Waals surface area contributed by atoms with E-state index in [9.17, 15) is 0 Å². The Morgan fingerprint density at radius 1 is 1.37 bits per heavy atom. The Bertz CT molecular complexity index is 402. The minimum Gasteiger partial charge on any atom is -0.493 e. The average Bonchev–Trinajstić information content (AvgIpc) is 2.90. The topological polar surface area (TPSA) is 30.5 Å². The summed E-state index contributed by atoms with van der Waals surface area (Å²) in [4.78, 5) is 0. The number of benzene rings is 1. The molecule has 1 N–H and O–H groups in total. The second-order valence-electron chi connectivity index (χ2n) is 5.08. The lowest BCUT2D eigenvalue weighted by Gasteiger charge is -2.27. The molecule has 0 saturated heterocycles. The van der Waals surface area contributed by atoms with Gasteiger partial charge in [0.25, 0.3) is 0 Å². The first kappa shape index (κ1) is 14.4. The van der Waals surface area contributed by atoms with Crippen LogP contribution in [-0.4, -0.2) is 26.4 Å². The standard InChI is InChI=1S/C16H25NO2/c1-4-9-17-16(14(5-2)18-3)13-6-7-15-12(11-13)8-10-19-15/h6-7,11,14,16-17H,4-5,8-10H2,1-3H3. The van der Waals surface area contributed by atoms with Crippen molar-refractivity contribution >= 4 is 0 Å². The Morgan fingerprint density at radius 3 is 2.89 bits per heavy atom. The number of hydrogen-bond acceptors (Lipinski definition) is 3. The third kappa shape index (κ3) is 3.28. The quantitative estimate of drug-likeness (QED) is 0.820. The Hall–Kier alpha value is -1.06. The Balaban J connectivity index is 2.21. The molecule has 0 saturated carbocycles.